The van der Waals surface area contributed by atoms with Crippen molar-refractivity contribution in [3.63, 3.8) is 0 Å². The predicted octanol–water partition coefficient (Wildman–Crippen LogP) is 0.655. The largest absolute Gasteiger partial charge is 0.480 e. The van der Waals surface area contributed by atoms with E-state index in [4.69, 9.17) is 0 Å². The van der Waals surface area contributed by atoms with Gasteiger partial charge in [0.2, 0.25) is 0 Å². The maximum Gasteiger partial charge on any atom is 0.329 e. The van der Waals surface area contributed by atoms with Crippen LogP contribution in [0.25, 0.3) is 11.4 Å². The lowest BCUT2D eigenvalue weighted by Gasteiger charge is -2.19. The number of hydrogen-bond acceptors (Lipinski definition) is 5. The smallest absolute Gasteiger partial charge is 0.329 e. The Labute approximate surface area is 109 Å². The van der Waals surface area contributed by atoms with Crippen LogP contribution in [-0.4, -0.2) is 42.0 Å². The Morgan fingerprint density at radius 1 is 1.42 bits per heavy atom. The Bertz CT molecular complexity index is 580. The van der Waals surface area contributed by atoms with E-state index < -0.39 is 18.1 Å². The van der Waals surface area contributed by atoms with Gasteiger partial charge in [0, 0.05) is 18.0 Å². The minimum Gasteiger partial charge on any atom is -0.480 e. The highest BCUT2D eigenvalue weighted by atomic mass is 16.4. The Morgan fingerprint density at radius 3 is 2.68 bits per heavy atom. The maximum atomic E-state index is 11.3. The van der Waals surface area contributed by atoms with Gasteiger partial charge in [-0.25, -0.2) is 4.79 Å². The van der Waals surface area contributed by atoms with Crippen molar-refractivity contribution >= 4 is 5.97 Å². The molecule has 0 aliphatic heterocycles. The fourth-order valence-corrected chi connectivity index (χ4v) is 1.93. The number of carboxylic acids is 1. The molecule has 0 saturated carbocycles. The van der Waals surface area contributed by atoms with E-state index in [1.807, 2.05) is 0 Å². The van der Waals surface area contributed by atoms with Crippen LogP contribution in [0.15, 0.2) is 24.5 Å². The summed E-state index contributed by atoms with van der Waals surface area (Å²) in [7, 11) is 0. The van der Waals surface area contributed by atoms with Gasteiger partial charge in [-0.2, -0.15) is 0 Å². The van der Waals surface area contributed by atoms with Gasteiger partial charge in [0.25, 0.3) is 0 Å². The fourth-order valence-electron chi connectivity index (χ4n) is 1.93. The van der Waals surface area contributed by atoms with Crippen molar-refractivity contribution in [2.45, 2.75) is 26.0 Å². The summed E-state index contributed by atoms with van der Waals surface area (Å²) in [6, 6.07) is 2.35. The SMILES string of the molecule is Cc1nnc(-c2cccnc2)n1C(C(=O)O)C(C)O. The van der Waals surface area contributed by atoms with Crippen LogP contribution in [0, 0.1) is 6.92 Å². The topological polar surface area (TPSA) is 101 Å². The molecule has 7 nitrogen and oxygen atoms in total. The number of aliphatic hydroxyl groups is 1. The number of carbonyl (C=O) groups is 1. The summed E-state index contributed by atoms with van der Waals surface area (Å²) in [5.41, 5.74) is 0.648. The zero-order chi connectivity index (χ0) is 14.0. The van der Waals surface area contributed by atoms with Gasteiger partial charge in [-0.1, -0.05) is 0 Å². The van der Waals surface area contributed by atoms with Crippen molar-refractivity contribution in [3.05, 3.63) is 30.4 Å². The van der Waals surface area contributed by atoms with E-state index in [0.29, 0.717) is 17.2 Å². The second-order valence-corrected chi connectivity index (χ2v) is 4.21. The van der Waals surface area contributed by atoms with E-state index in [-0.39, 0.29) is 0 Å². The first-order valence-electron chi connectivity index (χ1n) is 5.75. The molecule has 0 saturated heterocycles. The average Bonchev–Trinajstić information content (AvgIpc) is 2.72. The van der Waals surface area contributed by atoms with Gasteiger partial charge in [-0.15, -0.1) is 10.2 Å². The number of aromatic nitrogens is 4. The van der Waals surface area contributed by atoms with Gasteiger partial charge < -0.3 is 10.2 Å². The van der Waals surface area contributed by atoms with Crippen LogP contribution in [0.1, 0.15) is 18.8 Å². The van der Waals surface area contributed by atoms with Gasteiger partial charge in [-0.05, 0) is 26.0 Å². The van der Waals surface area contributed by atoms with Gasteiger partial charge in [-0.3, -0.25) is 9.55 Å². The molecule has 0 radical (unpaired) electrons. The lowest BCUT2D eigenvalue weighted by atomic mass is 10.1. The highest BCUT2D eigenvalue weighted by Crippen LogP contribution is 2.23. The quantitative estimate of drug-likeness (QED) is 0.839. The highest BCUT2D eigenvalue weighted by molar-refractivity contribution is 5.74. The number of aliphatic carboxylic acids is 1. The molecule has 7 heteroatoms. The van der Waals surface area contributed by atoms with Crippen molar-refractivity contribution in [1.29, 1.82) is 0 Å². The van der Waals surface area contributed by atoms with Gasteiger partial charge in [0.05, 0.1) is 6.10 Å². The van der Waals surface area contributed by atoms with Crippen LogP contribution >= 0.6 is 0 Å². The number of hydrogen-bond donors (Lipinski definition) is 2. The van der Waals surface area contributed by atoms with E-state index in [1.165, 1.54) is 11.5 Å². The molecule has 0 bridgehead atoms. The van der Waals surface area contributed by atoms with Crippen molar-refractivity contribution in [1.82, 2.24) is 19.7 Å². The first-order valence-corrected chi connectivity index (χ1v) is 5.75. The molecule has 0 amide bonds. The molecule has 0 aliphatic rings. The summed E-state index contributed by atoms with van der Waals surface area (Å²) >= 11 is 0. The molecule has 0 spiro atoms. The zero-order valence-corrected chi connectivity index (χ0v) is 10.6. The van der Waals surface area contributed by atoms with Crippen LogP contribution in [-0.2, 0) is 4.79 Å². The third-order valence-electron chi connectivity index (χ3n) is 2.77. The number of nitrogens with zero attached hydrogens (tertiary/aromatic N) is 4. The minimum atomic E-state index is -1.14. The van der Waals surface area contributed by atoms with Crippen LogP contribution in [0.5, 0.6) is 0 Å². The van der Waals surface area contributed by atoms with E-state index in [1.54, 1.807) is 31.5 Å². The standard InChI is InChI=1S/C12H14N4O3/c1-7(17)10(12(18)19)16-8(2)14-15-11(16)9-4-3-5-13-6-9/h3-7,10,17H,1-2H3,(H,18,19). The molecule has 2 atom stereocenters. The number of carboxylic acid groups (broad SMARTS) is 1. The Kier molecular flexibility index (Phi) is 3.57. The molecule has 2 rings (SSSR count). The van der Waals surface area contributed by atoms with Crippen molar-refractivity contribution in [2.75, 3.05) is 0 Å². The lowest BCUT2D eigenvalue weighted by molar-refractivity contribution is -0.144. The summed E-state index contributed by atoms with van der Waals surface area (Å²) in [6.45, 7) is 3.07. The van der Waals surface area contributed by atoms with E-state index in [9.17, 15) is 15.0 Å². The molecule has 0 aliphatic carbocycles. The Balaban J connectivity index is 2.57. The molecule has 100 valence electrons. The summed E-state index contributed by atoms with van der Waals surface area (Å²) in [5, 5.41) is 26.8. The molecular weight excluding hydrogens is 248 g/mol. The molecule has 19 heavy (non-hydrogen) atoms. The van der Waals surface area contributed by atoms with Crippen LogP contribution in [0.4, 0.5) is 0 Å². The zero-order valence-electron chi connectivity index (χ0n) is 10.6. The Hall–Kier alpha value is -2.28. The van der Waals surface area contributed by atoms with E-state index in [0.717, 1.165) is 0 Å². The van der Waals surface area contributed by atoms with E-state index in [2.05, 4.69) is 15.2 Å². The highest BCUT2D eigenvalue weighted by Gasteiger charge is 2.29. The molecular formula is C12H14N4O3. The molecule has 2 unspecified atom stereocenters. The first-order chi connectivity index (χ1) is 9.02. The molecule has 2 N–H and O–H groups in total. The fraction of sp³-hybridized carbons (Fsp3) is 0.333. The van der Waals surface area contributed by atoms with Crippen LogP contribution in [0.3, 0.4) is 0 Å². The Morgan fingerprint density at radius 2 is 2.16 bits per heavy atom. The van der Waals surface area contributed by atoms with Gasteiger partial charge in [0.15, 0.2) is 11.9 Å². The van der Waals surface area contributed by atoms with Crippen LogP contribution < -0.4 is 0 Å². The molecule has 0 fully saturated rings. The van der Waals surface area contributed by atoms with Crippen molar-refractivity contribution in [3.8, 4) is 11.4 Å². The summed E-state index contributed by atoms with van der Waals surface area (Å²) in [4.78, 5) is 15.3. The number of aryl methyl sites for hydroxylation is 1. The number of rotatable bonds is 4. The lowest BCUT2D eigenvalue weighted by Crippen LogP contribution is -2.30. The predicted molar refractivity (Wildman–Crippen MR) is 66.3 cm³/mol. The summed E-state index contributed by atoms with van der Waals surface area (Å²) in [5.74, 6) is -0.339. The third kappa shape index (κ3) is 2.45. The first kappa shape index (κ1) is 13.2. The summed E-state index contributed by atoms with van der Waals surface area (Å²) < 4.78 is 1.41. The van der Waals surface area contributed by atoms with E-state index >= 15 is 0 Å². The normalized spacial score (nSPS) is 14.1. The molecule has 2 heterocycles. The summed E-state index contributed by atoms with van der Waals surface area (Å²) in [6.07, 6.45) is 2.11. The van der Waals surface area contributed by atoms with Gasteiger partial charge in [0.1, 0.15) is 5.82 Å². The maximum absolute atomic E-state index is 11.3. The van der Waals surface area contributed by atoms with Crippen molar-refractivity contribution in [2.24, 2.45) is 0 Å². The monoisotopic (exact) mass is 262 g/mol. The number of aliphatic hydroxyl groups excluding tert-OH is 1. The van der Waals surface area contributed by atoms with Gasteiger partial charge >= 0.3 is 5.97 Å². The molecule has 2 aromatic heterocycles. The van der Waals surface area contributed by atoms with Crippen molar-refractivity contribution < 1.29 is 15.0 Å². The number of pyridine rings is 1. The minimum absolute atomic E-state index is 0.374. The average molecular weight is 262 g/mol. The second-order valence-electron chi connectivity index (χ2n) is 4.21. The molecule has 2 aromatic rings. The van der Waals surface area contributed by atoms with Crippen LogP contribution in [0.2, 0.25) is 0 Å². The molecule has 0 aromatic carbocycles. The third-order valence-corrected chi connectivity index (χ3v) is 2.77. The second kappa shape index (κ2) is 5.15.